The molecule has 0 atom stereocenters. The maximum atomic E-state index is 13.6. The average molecular weight is 366 g/mol. The fourth-order valence-electron chi connectivity index (χ4n) is 2.94. The summed E-state index contributed by atoms with van der Waals surface area (Å²) in [4.78, 5) is 0. The number of hydrogen-bond acceptors (Lipinski definition) is 2. The number of halogens is 1. The molecule has 0 saturated carbocycles. The molecule has 0 radical (unpaired) electrons. The van der Waals surface area contributed by atoms with E-state index < -0.39 is 0 Å². The first-order valence-electron chi connectivity index (χ1n) is 9.00. The van der Waals surface area contributed by atoms with Gasteiger partial charge in [0.25, 0.3) is 0 Å². The van der Waals surface area contributed by atoms with Crippen LogP contribution in [0.25, 0.3) is 0 Å². The number of nitrogens with one attached hydrogen (secondary N) is 1. The van der Waals surface area contributed by atoms with Gasteiger partial charge in [-0.3, -0.25) is 0 Å². The van der Waals surface area contributed by atoms with E-state index in [1.54, 1.807) is 6.07 Å². The van der Waals surface area contributed by atoms with Crippen molar-refractivity contribution in [2.24, 2.45) is 0 Å². The summed E-state index contributed by atoms with van der Waals surface area (Å²) in [6, 6.07) is 28.3. The SMILES string of the molecule is Fc1ccccc1CCNCCSC(c1ccccc1)c1ccccc1. The molecule has 1 N–H and O–H groups in total. The van der Waals surface area contributed by atoms with Crippen molar-refractivity contribution in [3.8, 4) is 0 Å². The van der Waals surface area contributed by atoms with Crippen molar-refractivity contribution < 1.29 is 4.39 Å². The first kappa shape index (κ1) is 18.7. The van der Waals surface area contributed by atoms with Crippen molar-refractivity contribution in [3.05, 3.63) is 107 Å². The molecule has 0 amide bonds. The zero-order valence-electron chi connectivity index (χ0n) is 14.8. The van der Waals surface area contributed by atoms with Crippen LogP contribution in [-0.4, -0.2) is 18.8 Å². The van der Waals surface area contributed by atoms with Gasteiger partial charge in [-0.25, -0.2) is 4.39 Å². The number of rotatable bonds is 9. The quantitative estimate of drug-likeness (QED) is 0.504. The molecule has 26 heavy (non-hydrogen) atoms. The second-order valence-electron chi connectivity index (χ2n) is 6.16. The Morgan fingerprint density at radius 1 is 0.731 bits per heavy atom. The van der Waals surface area contributed by atoms with Crippen LogP contribution >= 0.6 is 11.8 Å². The molecule has 0 aliphatic rings. The van der Waals surface area contributed by atoms with E-state index in [-0.39, 0.29) is 5.82 Å². The van der Waals surface area contributed by atoms with Gasteiger partial charge in [0.05, 0.1) is 5.25 Å². The molecular formula is C23H24FNS. The molecule has 0 heterocycles. The summed E-state index contributed by atoms with van der Waals surface area (Å²) in [6.07, 6.45) is 0.720. The highest BCUT2D eigenvalue weighted by Crippen LogP contribution is 2.35. The minimum absolute atomic E-state index is 0.114. The van der Waals surface area contributed by atoms with Crippen molar-refractivity contribution in [1.29, 1.82) is 0 Å². The van der Waals surface area contributed by atoms with E-state index in [9.17, 15) is 4.39 Å². The Bertz CT molecular complexity index is 737. The number of thioether (sulfide) groups is 1. The largest absolute Gasteiger partial charge is 0.316 e. The van der Waals surface area contributed by atoms with Gasteiger partial charge in [0, 0.05) is 12.3 Å². The normalized spacial score (nSPS) is 11.0. The zero-order valence-corrected chi connectivity index (χ0v) is 15.6. The molecule has 3 aromatic carbocycles. The van der Waals surface area contributed by atoms with E-state index in [1.807, 2.05) is 23.9 Å². The van der Waals surface area contributed by atoms with Crippen molar-refractivity contribution in [3.63, 3.8) is 0 Å². The van der Waals surface area contributed by atoms with Crippen molar-refractivity contribution >= 4 is 11.8 Å². The van der Waals surface area contributed by atoms with E-state index in [4.69, 9.17) is 0 Å². The van der Waals surface area contributed by atoms with Crippen LogP contribution in [0.3, 0.4) is 0 Å². The minimum Gasteiger partial charge on any atom is -0.316 e. The topological polar surface area (TPSA) is 12.0 Å². The molecule has 0 aliphatic heterocycles. The van der Waals surface area contributed by atoms with E-state index in [0.717, 1.165) is 30.8 Å². The fraction of sp³-hybridized carbons (Fsp3) is 0.217. The second-order valence-corrected chi connectivity index (χ2v) is 7.38. The summed E-state index contributed by atoms with van der Waals surface area (Å²) >= 11 is 1.94. The maximum Gasteiger partial charge on any atom is 0.126 e. The van der Waals surface area contributed by atoms with Gasteiger partial charge in [0.2, 0.25) is 0 Å². The lowest BCUT2D eigenvalue weighted by Crippen LogP contribution is -2.21. The van der Waals surface area contributed by atoms with Crippen molar-refractivity contribution in [2.75, 3.05) is 18.8 Å². The van der Waals surface area contributed by atoms with Crippen LogP contribution in [0.5, 0.6) is 0 Å². The smallest absolute Gasteiger partial charge is 0.126 e. The Morgan fingerprint density at radius 3 is 1.92 bits per heavy atom. The zero-order chi connectivity index (χ0) is 18.0. The van der Waals surface area contributed by atoms with Crippen LogP contribution in [0.15, 0.2) is 84.9 Å². The first-order valence-corrected chi connectivity index (χ1v) is 10.0. The van der Waals surface area contributed by atoms with Gasteiger partial charge in [-0.15, -0.1) is 11.8 Å². The molecule has 3 rings (SSSR count). The van der Waals surface area contributed by atoms with E-state index in [0.29, 0.717) is 5.25 Å². The van der Waals surface area contributed by atoms with Gasteiger partial charge in [-0.1, -0.05) is 78.9 Å². The second kappa shape index (κ2) is 10.1. The molecule has 0 aromatic heterocycles. The highest BCUT2D eigenvalue weighted by atomic mass is 32.2. The fourth-order valence-corrected chi connectivity index (χ4v) is 4.14. The number of benzene rings is 3. The van der Waals surface area contributed by atoms with Gasteiger partial charge in [0.1, 0.15) is 5.82 Å². The highest BCUT2D eigenvalue weighted by molar-refractivity contribution is 7.99. The standard InChI is InChI=1S/C23H24FNS/c24-22-14-8-7-9-19(22)15-16-25-17-18-26-23(20-10-3-1-4-11-20)21-12-5-2-6-13-21/h1-14,23,25H,15-18H2. The molecule has 0 bridgehead atoms. The molecule has 0 unspecified atom stereocenters. The Kier molecular flexibility index (Phi) is 7.29. The molecule has 0 aliphatic carbocycles. The lowest BCUT2D eigenvalue weighted by atomic mass is 10.0. The molecule has 0 saturated heterocycles. The number of hydrogen-bond donors (Lipinski definition) is 1. The third-order valence-electron chi connectivity index (χ3n) is 4.30. The lowest BCUT2D eigenvalue weighted by molar-refractivity contribution is 0.601. The van der Waals surface area contributed by atoms with Crippen LogP contribution in [-0.2, 0) is 6.42 Å². The Balaban J connectivity index is 1.49. The molecule has 1 nitrogen and oxygen atoms in total. The predicted octanol–water partition coefficient (Wildman–Crippen LogP) is 5.48. The Labute approximate surface area is 159 Å². The minimum atomic E-state index is -0.114. The summed E-state index contributed by atoms with van der Waals surface area (Å²) < 4.78 is 13.6. The summed E-state index contributed by atoms with van der Waals surface area (Å²) in [7, 11) is 0. The molecule has 3 aromatic rings. The molecule has 134 valence electrons. The third kappa shape index (κ3) is 5.45. The molecule has 3 heteroatoms. The molecule has 0 spiro atoms. The van der Waals surface area contributed by atoms with E-state index in [1.165, 1.54) is 17.2 Å². The lowest BCUT2D eigenvalue weighted by Gasteiger charge is -2.18. The van der Waals surface area contributed by atoms with Crippen LogP contribution < -0.4 is 5.32 Å². The van der Waals surface area contributed by atoms with Crippen LogP contribution in [0.4, 0.5) is 4.39 Å². The van der Waals surface area contributed by atoms with Crippen molar-refractivity contribution in [1.82, 2.24) is 5.32 Å². The molecule has 0 fully saturated rings. The van der Waals surface area contributed by atoms with Gasteiger partial charge in [0.15, 0.2) is 0 Å². The molecular weight excluding hydrogens is 341 g/mol. The van der Waals surface area contributed by atoms with E-state index >= 15 is 0 Å². The summed E-state index contributed by atoms with van der Waals surface area (Å²) in [5, 5.41) is 3.77. The summed E-state index contributed by atoms with van der Waals surface area (Å²) in [6.45, 7) is 1.71. The van der Waals surface area contributed by atoms with Crippen LogP contribution in [0.1, 0.15) is 21.9 Å². The van der Waals surface area contributed by atoms with Crippen LogP contribution in [0, 0.1) is 5.82 Å². The van der Waals surface area contributed by atoms with E-state index in [2.05, 4.69) is 66.0 Å². The monoisotopic (exact) mass is 365 g/mol. The van der Waals surface area contributed by atoms with Gasteiger partial charge in [-0.2, -0.15) is 0 Å². The summed E-state index contributed by atoms with van der Waals surface area (Å²) in [5.74, 6) is 0.892. The predicted molar refractivity (Wildman–Crippen MR) is 110 cm³/mol. The van der Waals surface area contributed by atoms with Gasteiger partial charge < -0.3 is 5.32 Å². The third-order valence-corrected chi connectivity index (χ3v) is 5.61. The Hall–Kier alpha value is -2.10. The summed E-state index contributed by atoms with van der Waals surface area (Å²) in [5.41, 5.74) is 3.43. The van der Waals surface area contributed by atoms with Crippen LogP contribution in [0.2, 0.25) is 0 Å². The average Bonchev–Trinajstić information content (AvgIpc) is 2.70. The first-order chi connectivity index (χ1) is 12.8. The maximum absolute atomic E-state index is 13.6. The highest BCUT2D eigenvalue weighted by Gasteiger charge is 2.13. The van der Waals surface area contributed by atoms with Gasteiger partial charge in [-0.05, 0) is 35.7 Å². The Morgan fingerprint density at radius 2 is 1.31 bits per heavy atom. The van der Waals surface area contributed by atoms with Crippen molar-refractivity contribution in [2.45, 2.75) is 11.7 Å². The van der Waals surface area contributed by atoms with Gasteiger partial charge >= 0.3 is 0 Å².